The third-order valence-corrected chi connectivity index (χ3v) is 4.80. The molecule has 3 aromatic rings. The van der Waals surface area contributed by atoms with Crippen molar-refractivity contribution >= 4 is 28.6 Å². The van der Waals surface area contributed by atoms with E-state index in [0.717, 1.165) is 20.5 Å². The Hall–Kier alpha value is -1.99. The molecule has 3 rings (SSSR count). The molecule has 0 fully saturated rings. The summed E-state index contributed by atoms with van der Waals surface area (Å²) >= 11 is 3.29. The summed E-state index contributed by atoms with van der Waals surface area (Å²) in [7, 11) is 1.79. The van der Waals surface area contributed by atoms with E-state index in [-0.39, 0.29) is 5.91 Å². The molecule has 3 heterocycles. The second-order valence-electron chi connectivity index (χ2n) is 4.60. The van der Waals surface area contributed by atoms with E-state index in [0.29, 0.717) is 12.1 Å². The minimum absolute atomic E-state index is 0.109. The van der Waals surface area contributed by atoms with Crippen LogP contribution in [-0.4, -0.2) is 20.7 Å². The van der Waals surface area contributed by atoms with Gasteiger partial charge in [-0.25, -0.2) is 4.98 Å². The number of carbonyl (C=O) groups is 1. The van der Waals surface area contributed by atoms with Crippen LogP contribution in [0.5, 0.6) is 0 Å². The van der Waals surface area contributed by atoms with E-state index < -0.39 is 0 Å². The summed E-state index contributed by atoms with van der Waals surface area (Å²) in [5.41, 5.74) is 1.58. The van der Waals surface area contributed by atoms with Crippen molar-refractivity contribution in [1.29, 1.82) is 0 Å². The lowest BCUT2D eigenvalue weighted by molar-refractivity contribution is 0.0951. The van der Waals surface area contributed by atoms with Crippen LogP contribution in [0.4, 0.5) is 0 Å². The van der Waals surface area contributed by atoms with Gasteiger partial charge in [0.05, 0.1) is 33.9 Å². The Morgan fingerprint density at radius 2 is 2.29 bits per heavy atom. The standard InChI is InChI=1S/C14H14N4OS2/c1-9-17-12(8-20-9)13-4-3-11(21-13)6-15-14(19)10-5-16-18(2)7-10/h3-5,7-8H,6H2,1-2H3,(H,15,19). The number of carbonyl (C=O) groups excluding carboxylic acids is 1. The molecule has 108 valence electrons. The fourth-order valence-corrected chi connectivity index (χ4v) is 3.49. The Morgan fingerprint density at radius 1 is 1.43 bits per heavy atom. The molecule has 0 bridgehead atoms. The first-order valence-electron chi connectivity index (χ1n) is 6.40. The third-order valence-electron chi connectivity index (χ3n) is 2.92. The summed E-state index contributed by atoms with van der Waals surface area (Å²) in [6.07, 6.45) is 3.26. The topological polar surface area (TPSA) is 59.8 Å². The molecule has 0 saturated carbocycles. The summed E-state index contributed by atoms with van der Waals surface area (Å²) in [6.45, 7) is 2.51. The van der Waals surface area contributed by atoms with Crippen LogP contribution in [0.2, 0.25) is 0 Å². The van der Waals surface area contributed by atoms with Crippen LogP contribution in [-0.2, 0) is 13.6 Å². The Labute approximate surface area is 130 Å². The SMILES string of the molecule is Cc1nc(-c2ccc(CNC(=O)c3cnn(C)c3)s2)cs1. The van der Waals surface area contributed by atoms with Crippen molar-refractivity contribution in [3.8, 4) is 10.6 Å². The molecule has 0 atom stereocenters. The Balaban J connectivity index is 1.64. The number of aryl methyl sites for hydroxylation is 2. The van der Waals surface area contributed by atoms with Crippen LogP contribution in [0, 0.1) is 6.92 Å². The zero-order valence-electron chi connectivity index (χ0n) is 11.7. The first-order valence-corrected chi connectivity index (χ1v) is 8.09. The summed E-state index contributed by atoms with van der Waals surface area (Å²) in [5, 5.41) is 10.0. The highest BCUT2D eigenvalue weighted by Crippen LogP contribution is 2.28. The first kappa shape index (κ1) is 14.0. The Morgan fingerprint density at radius 3 is 2.95 bits per heavy atom. The highest BCUT2D eigenvalue weighted by atomic mass is 32.1. The number of rotatable bonds is 4. The largest absolute Gasteiger partial charge is 0.347 e. The van der Waals surface area contributed by atoms with Crippen LogP contribution in [0.1, 0.15) is 20.2 Å². The van der Waals surface area contributed by atoms with Crippen molar-refractivity contribution in [1.82, 2.24) is 20.1 Å². The minimum Gasteiger partial charge on any atom is -0.347 e. The number of thiophene rings is 1. The number of thiazole rings is 1. The summed E-state index contributed by atoms with van der Waals surface area (Å²) in [6, 6.07) is 4.07. The van der Waals surface area contributed by atoms with E-state index in [9.17, 15) is 4.79 Å². The molecule has 1 N–H and O–H groups in total. The fourth-order valence-electron chi connectivity index (χ4n) is 1.90. The number of hydrogen-bond acceptors (Lipinski definition) is 5. The van der Waals surface area contributed by atoms with Gasteiger partial charge in [-0.15, -0.1) is 22.7 Å². The van der Waals surface area contributed by atoms with Gasteiger partial charge in [0.25, 0.3) is 5.91 Å². The van der Waals surface area contributed by atoms with E-state index in [2.05, 4.69) is 20.8 Å². The van der Waals surface area contributed by atoms with E-state index >= 15 is 0 Å². The third kappa shape index (κ3) is 3.20. The lowest BCUT2D eigenvalue weighted by Crippen LogP contribution is -2.21. The van der Waals surface area contributed by atoms with E-state index in [1.54, 1.807) is 46.8 Å². The molecule has 0 aromatic carbocycles. The van der Waals surface area contributed by atoms with Gasteiger partial charge in [0.2, 0.25) is 0 Å². The van der Waals surface area contributed by atoms with E-state index in [1.165, 1.54) is 0 Å². The second kappa shape index (κ2) is 5.79. The fraction of sp³-hybridized carbons (Fsp3) is 0.214. The summed E-state index contributed by atoms with van der Waals surface area (Å²) in [4.78, 5) is 18.6. The normalized spacial score (nSPS) is 10.8. The molecule has 0 aliphatic heterocycles. The number of nitrogens with zero attached hydrogens (tertiary/aromatic N) is 3. The summed E-state index contributed by atoms with van der Waals surface area (Å²) < 4.78 is 1.61. The van der Waals surface area contributed by atoms with Crippen LogP contribution < -0.4 is 5.32 Å². The molecule has 0 unspecified atom stereocenters. The van der Waals surface area contributed by atoms with Crippen LogP contribution in [0.3, 0.4) is 0 Å². The van der Waals surface area contributed by atoms with Crippen molar-refractivity contribution in [2.45, 2.75) is 13.5 Å². The van der Waals surface area contributed by atoms with E-state index in [1.807, 2.05) is 19.1 Å². The average Bonchev–Trinajstić information content (AvgIpc) is 3.16. The van der Waals surface area contributed by atoms with Gasteiger partial charge in [0, 0.05) is 23.5 Å². The molecule has 7 heteroatoms. The molecule has 0 spiro atoms. The molecule has 5 nitrogen and oxygen atoms in total. The lowest BCUT2D eigenvalue weighted by atomic mass is 10.3. The average molecular weight is 318 g/mol. The second-order valence-corrected chi connectivity index (χ2v) is 6.83. The highest BCUT2D eigenvalue weighted by Gasteiger charge is 2.09. The van der Waals surface area contributed by atoms with Crippen molar-refractivity contribution < 1.29 is 4.79 Å². The molecular weight excluding hydrogens is 304 g/mol. The maximum atomic E-state index is 11.9. The zero-order chi connectivity index (χ0) is 14.8. The number of amides is 1. The molecule has 0 aliphatic carbocycles. The number of nitrogens with one attached hydrogen (secondary N) is 1. The van der Waals surface area contributed by atoms with Crippen molar-refractivity contribution in [3.05, 3.63) is 45.4 Å². The predicted octanol–water partition coefficient (Wildman–Crippen LogP) is 2.84. The van der Waals surface area contributed by atoms with Crippen LogP contribution in [0.15, 0.2) is 29.9 Å². The molecular formula is C14H14N4OS2. The van der Waals surface area contributed by atoms with Gasteiger partial charge in [-0.3, -0.25) is 9.48 Å². The maximum absolute atomic E-state index is 11.9. The van der Waals surface area contributed by atoms with Crippen LogP contribution >= 0.6 is 22.7 Å². The van der Waals surface area contributed by atoms with E-state index in [4.69, 9.17) is 0 Å². The Bertz CT molecular complexity index is 771. The number of hydrogen-bond donors (Lipinski definition) is 1. The molecule has 21 heavy (non-hydrogen) atoms. The predicted molar refractivity (Wildman–Crippen MR) is 84.5 cm³/mol. The smallest absolute Gasteiger partial charge is 0.254 e. The van der Waals surface area contributed by atoms with Gasteiger partial charge in [-0.1, -0.05) is 0 Å². The molecule has 3 aromatic heterocycles. The van der Waals surface area contributed by atoms with Crippen LogP contribution in [0.25, 0.3) is 10.6 Å². The quantitative estimate of drug-likeness (QED) is 0.804. The highest BCUT2D eigenvalue weighted by molar-refractivity contribution is 7.16. The molecule has 0 aliphatic rings. The van der Waals surface area contributed by atoms with Crippen molar-refractivity contribution in [2.24, 2.45) is 7.05 Å². The van der Waals surface area contributed by atoms with Gasteiger partial charge in [0.1, 0.15) is 0 Å². The monoisotopic (exact) mass is 318 g/mol. The minimum atomic E-state index is -0.109. The maximum Gasteiger partial charge on any atom is 0.254 e. The van der Waals surface area contributed by atoms with Gasteiger partial charge in [-0.05, 0) is 19.1 Å². The molecule has 1 amide bonds. The van der Waals surface area contributed by atoms with Crippen molar-refractivity contribution in [2.75, 3.05) is 0 Å². The molecule has 0 saturated heterocycles. The lowest BCUT2D eigenvalue weighted by Gasteiger charge is -2.00. The van der Waals surface area contributed by atoms with Gasteiger partial charge in [0.15, 0.2) is 0 Å². The van der Waals surface area contributed by atoms with Gasteiger partial charge >= 0.3 is 0 Å². The number of aromatic nitrogens is 3. The zero-order valence-corrected chi connectivity index (χ0v) is 13.3. The van der Waals surface area contributed by atoms with Gasteiger partial charge in [-0.2, -0.15) is 5.10 Å². The van der Waals surface area contributed by atoms with Crippen molar-refractivity contribution in [3.63, 3.8) is 0 Å². The summed E-state index contributed by atoms with van der Waals surface area (Å²) in [5.74, 6) is -0.109. The first-order chi connectivity index (χ1) is 10.1. The Kier molecular flexibility index (Phi) is 3.85. The molecule has 0 radical (unpaired) electrons. The van der Waals surface area contributed by atoms with Gasteiger partial charge < -0.3 is 5.32 Å².